The van der Waals surface area contributed by atoms with Crippen molar-refractivity contribution in [1.82, 2.24) is 0 Å². The first kappa shape index (κ1) is 18.9. The fourth-order valence-electron chi connectivity index (χ4n) is 3.10. The van der Waals surface area contributed by atoms with E-state index < -0.39 is 10.8 Å². The third kappa shape index (κ3) is 6.17. The SMILES string of the molecule is Cc1ccc(NC(=O)COC(=O)CCC2CCCCC2)cc1[N+](=O)[O-]. The average molecular weight is 348 g/mol. The summed E-state index contributed by atoms with van der Waals surface area (Å²) in [6.07, 6.45) is 7.20. The lowest BCUT2D eigenvalue weighted by atomic mass is 9.86. The number of carbonyl (C=O) groups is 2. The molecule has 0 aromatic heterocycles. The largest absolute Gasteiger partial charge is 0.456 e. The number of amides is 1. The van der Waals surface area contributed by atoms with Gasteiger partial charge in [-0.2, -0.15) is 0 Å². The van der Waals surface area contributed by atoms with Crippen LogP contribution >= 0.6 is 0 Å². The minimum Gasteiger partial charge on any atom is -0.456 e. The highest BCUT2D eigenvalue weighted by Crippen LogP contribution is 2.27. The zero-order chi connectivity index (χ0) is 18.2. The van der Waals surface area contributed by atoms with Gasteiger partial charge in [0.2, 0.25) is 0 Å². The summed E-state index contributed by atoms with van der Waals surface area (Å²) >= 11 is 0. The summed E-state index contributed by atoms with van der Waals surface area (Å²) in [4.78, 5) is 34.0. The van der Waals surface area contributed by atoms with Crippen LogP contribution in [0, 0.1) is 23.0 Å². The van der Waals surface area contributed by atoms with Crippen molar-refractivity contribution in [1.29, 1.82) is 0 Å². The monoisotopic (exact) mass is 348 g/mol. The number of rotatable bonds is 7. The number of hydrogen-bond acceptors (Lipinski definition) is 5. The predicted molar refractivity (Wildman–Crippen MR) is 93.2 cm³/mol. The number of nitro groups is 1. The van der Waals surface area contributed by atoms with Gasteiger partial charge in [0.25, 0.3) is 11.6 Å². The Morgan fingerprint density at radius 3 is 2.68 bits per heavy atom. The highest BCUT2D eigenvalue weighted by Gasteiger charge is 2.16. The van der Waals surface area contributed by atoms with Crippen molar-refractivity contribution in [3.8, 4) is 0 Å². The molecule has 0 heterocycles. The first-order valence-corrected chi connectivity index (χ1v) is 8.66. The Hall–Kier alpha value is -2.44. The van der Waals surface area contributed by atoms with Crippen LogP contribution in [0.5, 0.6) is 0 Å². The van der Waals surface area contributed by atoms with Gasteiger partial charge in [-0.15, -0.1) is 0 Å². The second kappa shape index (κ2) is 9.15. The van der Waals surface area contributed by atoms with Crippen molar-refractivity contribution in [3.05, 3.63) is 33.9 Å². The molecular weight excluding hydrogens is 324 g/mol. The number of esters is 1. The van der Waals surface area contributed by atoms with Gasteiger partial charge >= 0.3 is 5.97 Å². The van der Waals surface area contributed by atoms with Crippen molar-refractivity contribution >= 4 is 23.3 Å². The molecule has 1 N–H and O–H groups in total. The average Bonchev–Trinajstić information content (AvgIpc) is 2.60. The maximum absolute atomic E-state index is 11.8. The lowest BCUT2D eigenvalue weighted by molar-refractivity contribution is -0.385. The molecule has 0 atom stereocenters. The molecule has 1 aromatic carbocycles. The molecule has 0 aliphatic heterocycles. The molecule has 1 aliphatic rings. The van der Waals surface area contributed by atoms with Gasteiger partial charge in [0.05, 0.1) is 4.92 Å². The zero-order valence-corrected chi connectivity index (χ0v) is 14.5. The van der Waals surface area contributed by atoms with Crippen LogP contribution in [0.4, 0.5) is 11.4 Å². The first-order chi connectivity index (χ1) is 12.0. The van der Waals surface area contributed by atoms with E-state index in [1.807, 2.05) is 0 Å². The fraction of sp³-hybridized carbons (Fsp3) is 0.556. The van der Waals surface area contributed by atoms with Crippen molar-refractivity contribution in [3.63, 3.8) is 0 Å². The second-order valence-electron chi connectivity index (χ2n) is 6.51. The Morgan fingerprint density at radius 2 is 2.00 bits per heavy atom. The third-order valence-corrected chi connectivity index (χ3v) is 4.54. The molecule has 0 radical (unpaired) electrons. The van der Waals surface area contributed by atoms with Gasteiger partial charge in [-0.1, -0.05) is 38.2 Å². The molecule has 136 valence electrons. The fourth-order valence-corrected chi connectivity index (χ4v) is 3.10. The zero-order valence-electron chi connectivity index (χ0n) is 14.5. The highest BCUT2D eigenvalue weighted by molar-refractivity contribution is 5.93. The number of anilines is 1. The Morgan fingerprint density at radius 1 is 1.28 bits per heavy atom. The number of carbonyl (C=O) groups excluding carboxylic acids is 2. The number of ether oxygens (including phenoxy) is 1. The molecule has 1 fully saturated rings. The number of nitrogens with zero attached hydrogens (tertiary/aromatic N) is 1. The summed E-state index contributed by atoms with van der Waals surface area (Å²) in [6, 6.07) is 4.42. The van der Waals surface area contributed by atoms with E-state index in [0.29, 0.717) is 23.6 Å². The Bertz CT molecular complexity index is 638. The van der Waals surface area contributed by atoms with Gasteiger partial charge in [-0.3, -0.25) is 19.7 Å². The van der Waals surface area contributed by atoms with Gasteiger partial charge in [-0.05, 0) is 25.3 Å². The molecular formula is C18H24N2O5. The molecule has 1 saturated carbocycles. The Kier molecular flexibility index (Phi) is 6.91. The normalized spacial score (nSPS) is 14.8. The molecule has 25 heavy (non-hydrogen) atoms. The molecule has 0 saturated heterocycles. The van der Waals surface area contributed by atoms with E-state index in [1.165, 1.54) is 38.2 Å². The van der Waals surface area contributed by atoms with Crippen LogP contribution in [-0.4, -0.2) is 23.4 Å². The van der Waals surface area contributed by atoms with Gasteiger partial charge < -0.3 is 10.1 Å². The van der Waals surface area contributed by atoms with E-state index in [-0.39, 0.29) is 18.3 Å². The van der Waals surface area contributed by atoms with Crippen molar-refractivity contribution in [2.24, 2.45) is 5.92 Å². The Balaban J connectivity index is 1.73. The maximum Gasteiger partial charge on any atom is 0.306 e. The molecule has 0 bridgehead atoms. The summed E-state index contributed by atoms with van der Waals surface area (Å²) in [5, 5.41) is 13.4. The van der Waals surface area contributed by atoms with Gasteiger partial charge in [0.15, 0.2) is 6.61 Å². The van der Waals surface area contributed by atoms with Gasteiger partial charge in [0.1, 0.15) is 0 Å². The van der Waals surface area contributed by atoms with E-state index in [9.17, 15) is 19.7 Å². The predicted octanol–water partition coefficient (Wildman–Crippen LogP) is 3.75. The lowest BCUT2D eigenvalue weighted by Gasteiger charge is -2.20. The quantitative estimate of drug-likeness (QED) is 0.460. The molecule has 0 spiro atoms. The summed E-state index contributed by atoms with van der Waals surface area (Å²) < 4.78 is 4.98. The number of benzene rings is 1. The van der Waals surface area contributed by atoms with E-state index in [0.717, 1.165) is 6.42 Å². The van der Waals surface area contributed by atoms with Crippen LogP contribution < -0.4 is 5.32 Å². The summed E-state index contributed by atoms with van der Waals surface area (Å²) in [5.41, 5.74) is 0.750. The van der Waals surface area contributed by atoms with E-state index in [1.54, 1.807) is 19.1 Å². The molecule has 7 heteroatoms. The Labute approximate surface area is 146 Å². The first-order valence-electron chi connectivity index (χ1n) is 8.66. The van der Waals surface area contributed by atoms with Gasteiger partial charge in [0, 0.05) is 23.7 Å². The minimum absolute atomic E-state index is 0.0673. The lowest BCUT2D eigenvalue weighted by Crippen LogP contribution is -2.21. The van der Waals surface area contributed by atoms with Crippen LogP contribution in [-0.2, 0) is 14.3 Å². The smallest absolute Gasteiger partial charge is 0.306 e. The standard InChI is InChI=1S/C18H24N2O5/c1-13-7-9-15(11-16(13)20(23)24)19-17(21)12-25-18(22)10-8-14-5-3-2-4-6-14/h7,9,11,14H,2-6,8,10,12H2,1H3,(H,19,21). The van der Waals surface area contributed by atoms with Crippen LogP contribution in [0.15, 0.2) is 18.2 Å². The topological polar surface area (TPSA) is 98.5 Å². The second-order valence-corrected chi connectivity index (χ2v) is 6.51. The molecule has 1 aromatic rings. The minimum atomic E-state index is -0.510. The van der Waals surface area contributed by atoms with Crippen LogP contribution in [0.2, 0.25) is 0 Å². The van der Waals surface area contributed by atoms with Gasteiger partial charge in [-0.25, -0.2) is 0 Å². The summed E-state index contributed by atoms with van der Waals surface area (Å²) in [6.45, 7) is 1.24. The van der Waals surface area contributed by atoms with Crippen LogP contribution in [0.1, 0.15) is 50.5 Å². The van der Waals surface area contributed by atoms with Crippen molar-refractivity contribution < 1.29 is 19.2 Å². The summed E-state index contributed by atoms with van der Waals surface area (Å²) in [7, 11) is 0. The van der Waals surface area contributed by atoms with E-state index in [4.69, 9.17) is 4.74 Å². The molecule has 1 aliphatic carbocycles. The highest BCUT2D eigenvalue weighted by atomic mass is 16.6. The number of nitro benzene ring substituents is 1. The third-order valence-electron chi connectivity index (χ3n) is 4.54. The number of nitrogens with one attached hydrogen (secondary N) is 1. The van der Waals surface area contributed by atoms with Crippen molar-refractivity contribution in [2.75, 3.05) is 11.9 Å². The molecule has 1 amide bonds. The number of aryl methyl sites for hydroxylation is 1. The summed E-state index contributed by atoms with van der Waals surface area (Å²) in [5.74, 6) is -0.303. The van der Waals surface area contributed by atoms with Crippen molar-refractivity contribution in [2.45, 2.75) is 51.9 Å². The molecule has 0 unspecified atom stereocenters. The van der Waals surface area contributed by atoms with E-state index in [2.05, 4.69) is 5.32 Å². The number of hydrogen-bond donors (Lipinski definition) is 1. The van der Waals surface area contributed by atoms with Crippen LogP contribution in [0.3, 0.4) is 0 Å². The maximum atomic E-state index is 11.8. The van der Waals surface area contributed by atoms with E-state index >= 15 is 0 Å². The van der Waals surface area contributed by atoms with Crippen LogP contribution in [0.25, 0.3) is 0 Å². The molecule has 7 nitrogen and oxygen atoms in total. The molecule has 2 rings (SSSR count).